The van der Waals surface area contributed by atoms with Crippen molar-refractivity contribution < 1.29 is 4.79 Å². The van der Waals surface area contributed by atoms with Crippen LogP contribution in [0, 0.1) is 0 Å². The van der Waals surface area contributed by atoms with Crippen molar-refractivity contribution in [3.63, 3.8) is 0 Å². The Hall–Kier alpha value is -2.54. The summed E-state index contributed by atoms with van der Waals surface area (Å²) in [6.45, 7) is 0. The first-order chi connectivity index (χ1) is 9.88. The molecule has 0 spiro atoms. The second-order valence-electron chi connectivity index (χ2n) is 3.83. The molecule has 2 aromatic heterocycles. The SMILES string of the molecule is O=Cc1cccnc1Sc1nnnn1-c1ccccc1. The lowest BCUT2D eigenvalue weighted by Gasteiger charge is -2.04. The number of tetrazole rings is 1. The van der Waals surface area contributed by atoms with E-state index in [9.17, 15) is 4.79 Å². The highest BCUT2D eigenvalue weighted by molar-refractivity contribution is 7.99. The number of para-hydroxylation sites is 1. The lowest BCUT2D eigenvalue weighted by Crippen LogP contribution is -1.99. The van der Waals surface area contributed by atoms with Crippen LogP contribution in [0.5, 0.6) is 0 Å². The van der Waals surface area contributed by atoms with Crippen molar-refractivity contribution in [3.8, 4) is 5.69 Å². The van der Waals surface area contributed by atoms with Gasteiger partial charge in [0.25, 0.3) is 0 Å². The predicted molar refractivity (Wildman–Crippen MR) is 72.9 cm³/mol. The molecule has 0 unspecified atom stereocenters. The van der Waals surface area contributed by atoms with Crippen LogP contribution in [0.1, 0.15) is 10.4 Å². The number of rotatable bonds is 4. The molecule has 0 bridgehead atoms. The van der Waals surface area contributed by atoms with Gasteiger partial charge in [0, 0.05) is 11.8 Å². The van der Waals surface area contributed by atoms with Gasteiger partial charge in [0.1, 0.15) is 5.03 Å². The quantitative estimate of drug-likeness (QED) is 0.682. The summed E-state index contributed by atoms with van der Waals surface area (Å²) in [5.41, 5.74) is 1.36. The van der Waals surface area contributed by atoms with E-state index in [0.29, 0.717) is 15.7 Å². The van der Waals surface area contributed by atoms with Crippen LogP contribution in [0.4, 0.5) is 0 Å². The number of aromatic nitrogens is 5. The Balaban J connectivity index is 1.97. The molecule has 0 aliphatic rings. The molecule has 20 heavy (non-hydrogen) atoms. The van der Waals surface area contributed by atoms with Gasteiger partial charge in [-0.05, 0) is 46.5 Å². The summed E-state index contributed by atoms with van der Waals surface area (Å²) in [5.74, 6) is 0. The standard InChI is InChI=1S/C13H9N5OS/c19-9-10-5-4-8-14-12(10)20-13-15-16-17-18(13)11-6-2-1-3-7-11/h1-9H. The maximum atomic E-state index is 11.0. The molecule has 0 radical (unpaired) electrons. The zero-order valence-corrected chi connectivity index (χ0v) is 11.1. The molecule has 0 saturated heterocycles. The van der Waals surface area contributed by atoms with Gasteiger partial charge in [-0.3, -0.25) is 4.79 Å². The summed E-state index contributed by atoms with van der Waals surface area (Å²) < 4.78 is 1.61. The third kappa shape index (κ3) is 2.43. The molecule has 3 rings (SSSR count). The lowest BCUT2D eigenvalue weighted by molar-refractivity contribution is 0.112. The zero-order valence-electron chi connectivity index (χ0n) is 10.2. The first kappa shape index (κ1) is 12.5. The van der Waals surface area contributed by atoms with Gasteiger partial charge in [-0.25, -0.2) is 4.98 Å². The summed E-state index contributed by atoms with van der Waals surface area (Å²) in [7, 11) is 0. The van der Waals surface area contributed by atoms with Crippen LogP contribution in [0.25, 0.3) is 5.69 Å². The highest BCUT2D eigenvalue weighted by Gasteiger charge is 2.12. The van der Waals surface area contributed by atoms with Gasteiger partial charge in [-0.15, -0.1) is 5.10 Å². The summed E-state index contributed by atoms with van der Waals surface area (Å²) in [6, 6.07) is 13.0. The predicted octanol–water partition coefficient (Wildman–Crippen LogP) is 2.02. The summed E-state index contributed by atoms with van der Waals surface area (Å²) >= 11 is 1.25. The van der Waals surface area contributed by atoms with Crippen LogP contribution >= 0.6 is 11.8 Å². The van der Waals surface area contributed by atoms with E-state index >= 15 is 0 Å². The third-order valence-corrected chi connectivity index (χ3v) is 3.53. The maximum Gasteiger partial charge on any atom is 0.220 e. The van der Waals surface area contributed by atoms with Gasteiger partial charge >= 0.3 is 0 Å². The third-order valence-electron chi connectivity index (χ3n) is 2.56. The number of hydrogen-bond acceptors (Lipinski definition) is 6. The van der Waals surface area contributed by atoms with Gasteiger partial charge in [-0.2, -0.15) is 4.68 Å². The molecule has 6 nitrogen and oxygen atoms in total. The Bertz CT molecular complexity index is 728. The molecule has 0 atom stereocenters. The normalized spacial score (nSPS) is 10.4. The van der Waals surface area contributed by atoms with Crippen molar-refractivity contribution in [3.05, 3.63) is 54.2 Å². The Morgan fingerprint density at radius 1 is 1.10 bits per heavy atom. The van der Waals surface area contributed by atoms with E-state index in [1.165, 1.54) is 11.8 Å². The minimum Gasteiger partial charge on any atom is -0.298 e. The van der Waals surface area contributed by atoms with E-state index in [0.717, 1.165) is 12.0 Å². The smallest absolute Gasteiger partial charge is 0.220 e. The molecule has 0 N–H and O–H groups in total. The number of nitrogens with zero attached hydrogens (tertiary/aromatic N) is 5. The molecule has 0 fully saturated rings. The van der Waals surface area contributed by atoms with Crippen molar-refractivity contribution in [2.45, 2.75) is 10.2 Å². The second kappa shape index (κ2) is 5.62. The molecular weight excluding hydrogens is 274 g/mol. The molecule has 0 saturated carbocycles. The highest BCUT2D eigenvalue weighted by Crippen LogP contribution is 2.27. The Morgan fingerprint density at radius 3 is 2.75 bits per heavy atom. The molecule has 1 aromatic carbocycles. The molecule has 0 aliphatic carbocycles. The van der Waals surface area contributed by atoms with E-state index in [1.54, 1.807) is 23.0 Å². The van der Waals surface area contributed by atoms with Crippen LogP contribution in [0.15, 0.2) is 58.8 Å². The van der Waals surface area contributed by atoms with Gasteiger partial charge in [0.2, 0.25) is 5.16 Å². The fraction of sp³-hybridized carbons (Fsp3) is 0. The van der Waals surface area contributed by atoms with Crippen LogP contribution in [-0.4, -0.2) is 31.5 Å². The van der Waals surface area contributed by atoms with Crippen LogP contribution in [-0.2, 0) is 0 Å². The van der Waals surface area contributed by atoms with Crippen molar-refractivity contribution >= 4 is 18.0 Å². The van der Waals surface area contributed by atoms with E-state index in [2.05, 4.69) is 20.5 Å². The summed E-state index contributed by atoms with van der Waals surface area (Å²) in [4.78, 5) is 15.2. The summed E-state index contributed by atoms with van der Waals surface area (Å²) in [5, 5.41) is 12.7. The maximum absolute atomic E-state index is 11.0. The molecular formula is C13H9N5OS. The van der Waals surface area contributed by atoms with E-state index in [-0.39, 0.29) is 0 Å². The fourth-order valence-electron chi connectivity index (χ4n) is 1.64. The molecule has 98 valence electrons. The zero-order chi connectivity index (χ0) is 13.8. The average molecular weight is 283 g/mol. The molecule has 0 amide bonds. The topological polar surface area (TPSA) is 73.6 Å². The first-order valence-electron chi connectivity index (χ1n) is 5.80. The average Bonchev–Trinajstić information content (AvgIpc) is 2.97. The van der Waals surface area contributed by atoms with Crippen molar-refractivity contribution in [1.82, 2.24) is 25.2 Å². The first-order valence-corrected chi connectivity index (χ1v) is 6.62. The van der Waals surface area contributed by atoms with Gasteiger partial charge in [-0.1, -0.05) is 18.2 Å². The number of aldehydes is 1. The van der Waals surface area contributed by atoms with Gasteiger partial charge in [0.05, 0.1) is 5.69 Å². The number of benzene rings is 1. The monoisotopic (exact) mass is 283 g/mol. The van der Waals surface area contributed by atoms with Crippen LogP contribution < -0.4 is 0 Å². The van der Waals surface area contributed by atoms with Gasteiger partial charge in [0.15, 0.2) is 6.29 Å². The van der Waals surface area contributed by atoms with Crippen molar-refractivity contribution in [2.24, 2.45) is 0 Å². The number of hydrogen-bond donors (Lipinski definition) is 0. The van der Waals surface area contributed by atoms with Crippen molar-refractivity contribution in [2.75, 3.05) is 0 Å². The number of carbonyl (C=O) groups excluding carboxylic acids is 1. The lowest BCUT2D eigenvalue weighted by atomic mass is 10.3. The van der Waals surface area contributed by atoms with Crippen molar-refractivity contribution in [1.29, 1.82) is 0 Å². The molecule has 7 heteroatoms. The highest BCUT2D eigenvalue weighted by atomic mass is 32.2. The van der Waals surface area contributed by atoms with Crippen LogP contribution in [0.3, 0.4) is 0 Å². The van der Waals surface area contributed by atoms with E-state index < -0.39 is 0 Å². The van der Waals surface area contributed by atoms with E-state index in [1.807, 2.05) is 30.3 Å². The second-order valence-corrected chi connectivity index (χ2v) is 4.78. The van der Waals surface area contributed by atoms with Gasteiger partial charge < -0.3 is 0 Å². The Morgan fingerprint density at radius 2 is 1.95 bits per heavy atom. The minimum absolute atomic E-state index is 0.514. The number of carbonyl (C=O) groups is 1. The number of pyridine rings is 1. The molecule has 0 aliphatic heterocycles. The van der Waals surface area contributed by atoms with E-state index in [4.69, 9.17) is 0 Å². The largest absolute Gasteiger partial charge is 0.298 e. The minimum atomic E-state index is 0.514. The fourth-order valence-corrected chi connectivity index (χ4v) is 2.46. The van der Waals surface area contributed by atoms with Crippen LogP contribution in [0.2, 0.25) is 0 Å². The Kier molecular flexibility index (Phi) is 3.51. The molecule has 3 aromatic rings. The summed E-state index contributed by atoms with van der Waals surface area (Å²) in [6.07, 6.45) is 2.40. The Labute approximate surface area is 118 Å². The molecule has 2 heterocycles.